The van der Waals surface area contributed by atoms with Crippen LogP contribution in [0.5, 0.6) is 5.75 Å². The quantitative estimate of drug-likeness (QED) is 0.165. The fourth-order valence-corrected chi connectivity index (χ4v) is 7.63. The summed E-state index contributed by atoms with van der Waals surface area (Å²) < 4.78 is 25.5. The van der Waals surface area contributed by atoms with E-state index < -0.39 is 10.8 Å². The van der Waals surface area contributed by atoms with Gasteiger partial charge in [0, 0.05) is 16.2 Å². The fourth-order valence-electron chi connectivity index (χ4n) is 6.49. The Morgan fingerprint density at radius 2 is 1.56 bits per heavy atom. The Morgan fingerprint density at radius 1 is 0.854 bits per heavy atom. The van der Waals surface area contributed by atoms with Crippen molar-refractivity contribution in [1.29, 1.82) is 0 Å². The zero-order valence-corrected chi connectivity index (χ0v) is 26.5. The molecular formula is C36H53NO3S. The first-order valence-corrected chi connectivity index (χ1v) is 17.9. The van der Waals surface area contributed by atoms with Gasteiger partial charge in [0.15, 0.2) is 6.40 Å². The SMILES string of the molecule is CCCCCCC1(CCCCCC)OC=Nc2ccc(OCCCCS(=O)c3ccc(C4CCCCC4)cc3)cc21. The number of rotatable bonds is 18. The van der Waals surface area contributed by atoms with Crippen LogP contribution in [0, 0.1) is 0 Å². The average Bonchev–Trinajstić information content (AvgIpc) is 3.02. The molecule has 2 aromatic rings. The molecule has 2 aromatic carbocycles. The minimum Gasteiger partial charge on any atom is -0.494 e. The molecule has 0 N–H and O–H groups in total. The highest BCUT2D eigenvalue weighted by molar-refractivity contribution is 7.85. The summed E-state index contributed by atoms with van der Waals surface area (Å²) in [5.74, 6) is 2.25. The van der Waals surface area contributed by atoms with E-state index in [-0.39, 0.29) is 5.60 Å². The van der Waals surface area contributed by atoms with Gasteiger partial charge in [-0.05, 0) is 93.2 Å². The zero-order chi connectivity index (χ0) is 28.8. The van der Waals surface area contributed by atoms with Crippen molar-refractivity contribution in [2.75, 3.05) is 12.4 Å². The Balaban J connectivity index is 1.28. The zero-order valence-electron chi connectivity index (χ0n) is 25.7. The molecule has 1 atom stereocenters. The van der Waals surface area contributed by atoms with E-state index in [1.165, 1.54) is 94.6 Å². The standard InChI is InChI=1S/C36H53NO3S/c1-3-5-7-12-24-36(25-13-8-6-4-2)34-28-32(20-23-35(34)37-29-40-36)39-26-14-15-27-41(38)33-21-18-31(19-22-33)30-16-10-9-11-17-30/h18-23,28-30H,3-17,24-27H2,1-2H3. The molecule has 1 fully saturated rings. The summed E-state index contributed by atoms with van der Waals surface area (Å²) in [5.41, 5.74) is 3.31. The van der Waals surface area contributed by atoms with Crippen LogP contribution in [0.15, 0.2) is 52.4 Å². The Morgan fingerprint density at radius 3 is 2.24 bits per heavy atom. The van der Waals surface area contributed by atoms with Crippen LogP contribution in [0.1, 0.15) is 140 Å². The number of fused-ring (bicyclic) bond motifs is 1. The minimum absolute atomic E-state index is 0.304. The highest BCUT2D eigenvalue weighted by Gasteiger charge is 2.37. The number of benzene rings is 2. The lowest BCUT2D eigenvalue weighted by atomic mass is 9.81. The maximum atomic E-state index is 12.9. The molecule has 0 saturated heterocycles. The van der Waals surface area contributed by atoms with E-state index in [1.807, 2.05) is 6.07 Å². The fraction of sp³-hybridized carbons (Fsp3) is 0.639. The van der Waals surface area contributed by atoms with Crippen molar-refractivity contribution in [1.82, 2.24) is 0 Å². The van der Waals surface area contributed by atoms with Crippen LogP contribution in [0.2, 0.25) is 0 Å². The maximum absolute atomic E-state index is 12.9. The molecule has 0 radical (unpaired) electrons. The van der Waals surface area contributed by atoms with Gasteiger partial charge in [0.2, 0.25) is 0 Å². The molecule has 0 bridgehead atoms. The summed E-state index contributed by atoms with van der Waals surface area (Å²) in [4.78, 5) is 5.52. The van der Waals surface area contributed by atoms with E-state index in [0.29, 0.717) is 18.3 Å². The lowest BCUT2D eigenvalue weighted by Crippen LogP contribution is -2.31. The monoisotopic (exact) mass is 579 g/mol. The summed E-state index contributed by atoms with van der Waals surface area (Å²) in [5, 5.41) is 0. The lowest BCUT2D eigenvalue weighted by Gasteiger charge is -2.37. The molecular weight excluding hydrogens is 526 g/mol. The number of nitrogens with zero attached hydrogens (tertiary/aromatic N) is 1. The number of hydrogen-bond donors (Lipinski definition) is 0. The van der Waals surface area contributed by atoms with Crippen LogP contribution in [-0.2, 0) is 21.1 Å². The number of hydrogen-bond acceptors (Lipinski definition) is 4. The number of aliphatic imine (C=N–C) groups is 1. The molecule has 5 heteroatoms. The van der Waals surface area contributed by atoms with Crippen molar-refractivity contribution in [3.63, 3.8) is 0 Å². The van der Waals surface area contributed by atoms with Crippen LogP contribution < -0.4 is 4.74 Å². The van der Waals surface area contributed by atoms with Gasteiger partial charge in [-0.15, -0.1) is 0 Å². The molecule has 41 heavy (non-hydrogen) atoms. The topological polar surface area (TPSA) is 47.9 Å². The van der Waals surface area contributed by atoms with Gasteiger partial charge in [-0.3, -0.25) is 4.21 Å². The summed E-state index contributed by atoms with van der Waals surface area (Å²) in [6, 6.07) is 14.9. The van der Waals surface area contributed by atoms with E-state index in [0.717, 1.165) is 42.0 Å². The molecule has 0 aromatic heterocycles. The smallest absolute Gasteiger partial charge is 0.175 e. The highest BCUT2D eigenvalue weighted by atomic mass is 32.2. The van der Waals surface area contributed by atoms with Gasteiger partial charge >= 0.3 is 0 Å². The van der Waals surface area contributed by atoms with Crippen LogP contribution in [0.25, 0.3) is 0 Å². The van der Waals surface area contributed by atoms with E-state index >= 15 is 0 Å². The summed E-state index contributed by atoms with van der Waals surface area (Å²) >= 11 is 0. The first kappa shape index (κ1) is 31.8. The predicted octanol–water partition coefficient (Wildman–Crippen LogP) is 10.5. The van der Waals surface area contributed by atoms with Crippen LogP contribution in [0.3, 0.4) is 0 Å². The summed E-state index contributed by atoms with van der Waals surface area (Å²) in [6.07, 6.45) is 22.0. The van der Waals surface area contributed by atoms with Gasteiger partial charge < -0.3 is 9.47 Å². The van der Waals surface area contributed by atoms with Gasteiger partial charge in [-0.2, -0.15) is 0 Å². The molecule has 0 amide bonds. The number of unbranched alkanes of at least 4 members (excludes halogenated alkanes) is 7. The molecule has 1 aliphatic carbocycles. The third-order valence-electron chi connectivity index (χ3n) is 9.01. The van der Waals surface area contributed by atoms with Crippen molar-refractivity contribution in [2.45, 2.75) is 139 Å². The Hall–Kier alpha value is -2.14. The van der Waals surface area contributed by atoms with Gasteiger partial charge in [0.25, 0.3) is 0 Å². The van der Waals surface area contributed by atoms with Crippen molar-refractivity contribution in [3.8, 4) is 5.75 Å². The number of ether oxygens (including phenoxy) is 2. The molecule has 2 aliphatic rings. The third kappa shape index (κ3) is 9.43. The first-order valence-electron chi connectivity index (χ1n) is 16.6. The molecule has 1 aliphatic heterocycles. The van der Waals surface area contributed by atoms with E-state index in [1.54, 1.807) is 6.40 Å². The Bertz CT molecular complexity index is 1080. The maximum Gasteiger partial charge on any atom is 0.175 e. The third-order valence-corrected chi connectivity index (χ3v) is 10.5. The summed E-state index contributed by atoms with van der Waals surface area (Å²) in [7, 11) is -0.955. The van der Waals surface area contributed by atoms with Crippen molar-refractivity contribution < 1.29 is 13.7 Å². The lowest BCUT2D eigenvalue weighted by molar-refractivity contribution is 0.0326. The molecule has 1 saturated carbocycles. The van der Waals surface area contributed by atoms with Crippen LogP contribution in [-0.4, -0.2) is 23.0 Å². The molecule has 1 heterocycles. The Kier molecular flexibility index (Phi) is 13.3. The second kappa shape index (κ2) is 17.1. The first-order chi connectivity index (χ1) is 20.1. The van der Waals surface area contributed by atoms with E-state index in [4.69, 9.17) is 9.47 Å². The molecule has 226 valence electrons. The largest absolute Gasteiger partial charge is 0.494 e. The minimum atomic E-state index is -0.955. The van der Waals surface area contributed by atoms with Crippen LogP contribution >= 0.6 is 0 Å². The Labute approximate surface area is 252 Å². The molecule has 4 nitrogen and oxygen atoms in total. The normalized spacial score (nSPS) is 17.1. The van der Waals surface area contributed by atoms with Crippen molar-refractivity contribution in [3.05, 3.63) is 53.6 Å². The second-order valence-electron chi connectivity index (χ2n) is 12.2. The molecule has 0 spiro atoms. The van der Waals surface area contributed by atoms with Gasteiger partial charge in [-0.1, -0.05) is 83.8 Å². The van der Waals surface area contributed by atoms with Gasteiger partial charge in [-0.25, -0.2) is 4.99 Å². The highest BCUT2D eigenvalue weighted by Crippen LogP contribution is 2.45. The van der Waals surface area contributed by atoms with Crippen molar-refractivity contribution in [2.24, 2.45) is 4.99 Å². The molecule has 4 rings (SSSR count). The van der Waals surface area contributed by atoms with Crippen molar-refractivity contribution >= 4 is 22.9 Å². The second-order valence-corrected chi connectivity index (χ2v) is 13.7. The predicted molar refractivity (Wildman–Crippen MR) is 173 cm³/mol. The average molecular weight is 580 g/mol. The van der Waals surface area contributed by atoms with Crippen LogP contribution in [0.4, 0.5) is 5.69 Å². The van der Waals surface area contributed by atoms with Gasteiger partial charge in [0.1, 0.15) is 11.4 Å². The van der Waals surface area contributed by atoms with E-state index in [2.05, 4.69) is 55.2 Å². The van der Waals surface area contributed by atoms with E-state index in [9.17, 15) is 4.21 Å². The van der Waals surface area contributed by atoms with Gasteiger partial charge in [0.05, 0.1) is 23.1 Å². The molecule has 1 unspecified atom stereocenters. The summed E-state index contributed by atoms with van der Waals surface area (Å²) in [6.45, 7) is 5.15.